The number of aliphatic hydroxyl groups excluding tert-OH is 1. The summed E-state index contributed by atoms with van der Waals surface area (Å²) >= 11 is 0. The quantitative estimate of drug-likeness (QED) is 0.939. The summed E-state index contributed by atoms with van der Waals surface area (Å²) in [7, 11) is 0. The van der Waals surface area contributed by atoms with Gasteiger partial charge in [-0.15, -0.1) is 0 Å². The average molecular weight is 284 g/mol. The molecule has 0 amide bonds. The third-order valence-electron chi connectivity index (χ3n) is 4.69. The van der Waals surface area contributed by atoms with E-state index in [0.29, 0.717) is 12.1 Å². The largest absolute Gasteiger partial charge is 0.395 e. The molecule has 1 N–H and O–H groups in total. The summed E-state index contributed by atoms with van der Waals surface area (Å²) in [5, 5.41) is 10.9. The van der Waals surface area contributed by atoms with Gasteiger partial charge in [-0.25, -0.2) is 0 Å². The molecular weight excluding hydrogens is 260 g/mol. The number of likely N-dealkylation sites (tertiary alicyclic amines) is 1. The van der Waals surface area contributed by atoms with Crippen molar-refractivity contribution in [2.75, 3.05) is 6.61 Å². The van der Waals surface area contributed by atoms with E-state index in [-0.39, 0.29) is 6.61 Å². The van der Waals surface area contributed by atoms with Crippen molar-refractivity contribution in [1.82, 2.24) is 9.88 Å². The van der Waals surface area contributed by atoms with Crippen LogP contribution in [0, 0.1) is 6.92 Å². The molecule has 1 aromatic carbocycles. The predicted octanol–water partition coefficient (Wildman–Crippen LogP) is 3.28. The molecule has 2 atom stereocenters. The van der Waals surface area contributed by atoms with Crippen molar-refractivity contribution in [2.45, 2.75) is 51.7 Å². The molecule has 0 aliphatic carbocycles. The fourth-order valence-corrected chi connectivity index (χ4v) is 3.54. The van der Waals surface area contributed by atoms with Crippen molar-refractivity contribution in [3.05, 3.63) is 41.6 Å². The molecule has 2 heterocycles. The minimum absolute atomic E-state index is 0.256. The van der Waals surface area contributed by atoms with E-state index in [1.54, 1.807) is 0 Å². The third kappa shape index (κ3) is 2.94. The number of piperidine rings is 1. The molecule has 1 aromatic heterocycles. The molecule has 3 rings (SSSR count). The smallest absolute Gasteiger partial charge is 0.0708 e. The molecule has 2 aromatic rings. The number of aliphatic hydroxyl groups is 1. The van der Waals surface area contributed by atoms with Crippen LogP contribution in [-0.2, 0) is 6.54 Å². The van der Waals surface area contributed by atoms with Crippen molar-refractivity contribution in [3.63, 3.8) is 0 Å². The van der Waals surface area contributed by atoms with E-state index >= 15 is 0 Å². The standard InChI is InChI=1S/C18H24N2O/c1-13-10-15(17-8-3-4-9-18(17)19-13)11-20-14(2)6-5-7-16(20)12-21/h3-4,8-10,14,16,21H,5-7,11-12H2,1-2H3. The van der Waals surface area contributed by atoms with Crippen LogP contribution in [0.25, 0.3) is 10.9 Å². The van der Waals surface area contributed by atoms with Gasteiger partial charge in [0.1, 0.15) is 0 Å². The zero-order valence-electron chi connectivity index (χ0n) is 12.9. The van der Waals surface area contributed by atoms with Gasteiger partial charge in [-0.2, -0.15) is 0 Å². The van der Waals surface area contributed by atoms with Gasteiger partial charge in [0.05, 0.1) is 12.1 Å². The molecule has 1 fully saturated rings. The number of nitrogens with zero attached hydrogens (tertiary/aromatic N) is 2. The molecule has 0 bridgehead atoms. The zero-order valence-corrected chi connectivity index (χ0v) is 12.9. The Hall–Kier alpha value is -1.45. The highest BCUT2D eigenvalue weighted by molar-refractivity contribution is 5.82. The summed E-state index contributed by atoms with van der Waals surface area (Å²) in [5.74, 6) is 0. The Kier molecular flexibility index (Phi) is 4.22. The maximum Gasteiger partial charge on any atom is 0.0708 e. The number of aryl methyl sites for hydroxylation is 1. The Morgan fingerprint density at radius 2 is 2.10 bits per heavy atom. The van der Waals surface area contributed by atoms with Crippen molar-refractivity contribution in [3.8, 4) is 0 Å². The van der Waals surface area contributed by atoms with Crippen LogP contribution >= 0.6 is 0 Å². The van der Waals surface area contributed by atoms with Gasteiger partial charge in [0.15, 0.2) is 0 Å². The first-order chi connectivity index (χ1) is 10.2. The number of rotatable bonds is 3. The topological polar surface area (TPSA) is 36.4 Å². The van der Waals surface area contributed by atoms with Crippen LogP contribution in [0.4, 0.5) is 0 Å². The molecule has 1 aliphatic heterocycles. The van der Waals surface area contributed by atoms with Crippen LogP contribution in [-0.4, -0.2) is 33.7 Å². The molecule has 21 heavy (non-hydrogen) atoms. The van der Waals surface area contributed by atoms with Crippen LogP contribution in [0.2, 0.25) is 0 Å². The van der Waals surface area contributed by atoms with E-state index in [1.165, 1.54) is 23.8 Å². The van der Waals surface area contributed by atoms with Gasteiger partial charge in [-0.1, -0.05) is 24.6 Å². The van der Waals surface area contributed by atoms with Gasteiger partial charge in [0, 0.05) is 29.7 Å². The molecule has 2 unspecified atom stereocenters. The summed E-state index contributed by atoms with van der Waals surface area (Å²) in [6, 6.07) is 11.4. The Bertz CT molecular complexity index is 626. The van der Waals surface area contributed by atoms with Crippen LogP contribution in [0.5, 0.6) is 0 Å². The summed E-state index contributed by atoms with van der Waals surface area (Å²) in [6.45, 7) is 5.49. The van der Waals surface area contributed by atoms with E-state index in [0.717, 1.165) is 24.2 Å². The number of hydrogen-bond acceptors (Lipinski definition) is 3. The first kappa shape index (κ1) is 14.5. The van der Waals surface area contributed by atoms with Crippen LogP contribution in [0.1, 0.15) is 37.4 Å². The van der Waals surface area contributed by atoms with Gasteiger partial charge >= 0.3 is 0 Å². The Balaban J connectivity index is 1.96. The number of para-hydroxylation sites is 1. The van der Waals surface area contributed by atoms with E-state index in [9.17, 15) is 5.11 Å². The molecule has 3 nitrogen and oxygen atoms in total. The number of aromatic nitrogens is 1. The zero-order chi connectivity index (χ0) is 14.8. The summed E-state index contributed by atoms with van der Waals surface area (Å²) in [5.41, 5.74) is 3.46. The molecule has 1 aliphatic rings. The summed E-state index contributed by atoms with van der Waals surface area (Å²) in [6.07, 6.45) is 3.54. The third-order valence-corrected chi connectivity index (χ3v) is 4.69. The first-order valence-corrected chi connectivity index (χ1v) is 7.91. The highest BCUT2D eigenvalue weighted by Gasteiger charge is 2.27. The van der Waals surface area contributed by atoms with Crippen molar-refractivity contribution in [1.29, 1.82) is 0 Å². The molecule has 112 valence electrons. The molecule has 0 radical (unpaired) electrons. The molecule has 0 saturated carbocycles. The van der Waals surface area contributed by atoms with Crippen LogP contribution in [0.3, 0.4) is 0 Å². The van der Waals surface area contributed by atoms with Gasteiger partial charge in [-0.3, -0.25) is 9.88 Å². The minimum Gasteiger partial charge on any atom is -0.395 e. The summed E-state index contributed by atoms with van der Waals surface area (Å²) in [4.78, 5) is 7.08. The highest BCUT2D eigenvalue weighted by atomic mass is 16.3. The number of benzene rings is 1. The highest BCUT2D eigenvalue weighted by Crippen LogP contribution is 2.27. The molecule has 1 saturated heterocycles. The second-order valence-corrected chi connectivity index (χ2v) is 6.23. The maximum atomic E-state index is 9.67. The van der Waals surface area contributed by atoms with E-state index in [4.69, 9.17) is 0 Å². The lowest BCUT2D eigenvalue weighted by atomic mass is 9.95. The van der Waals surface area contributed by atoms with Gasteiger partial charge in [0.2, 0.25) is 0 Å². The van der Waals surface area contributed by atoms with Gasteiger partial charge in [-0.05, 0) is 44.4 Å². The van der Waals surface area contributed by atoms with E-state index in [2.05, 4.69) is 48.0 Å². The lowest BCUT2D eigenvalue weighted by molar-refractivity contribution is 0.0455. The normalized spacial score (nSPS) is 23.6. The maximum absolute atomic E-state index is 9.67. The van der Waals surface area contributed by atoms with Crippen molar-refractivity contribution in [2.24, 2.45) is 0 Å². The SMILES string of the molecule is Cc1cc(CN2C(C)CCCC2CO)c2ccccc2n1. The number of fused-ring (bicyclic) bond motifs is 1. The second kappa shape index (κ2) is 6.12. The van der Waals surface area contributed by atoms with E-state index < -0.39 is 0 Å². The van der Waals surface area contributed by atoms with Crippen molar-refractivity contribution < 1.29 is 5.11 Å². The average Bonchev–Trinajstić information content (AvgIpc) is 2.49. The molecular formula is C18H24N2O. The first-order valence-electron chi connectivity index (χ1n) is 7.91. The fourth-order valence-electron chi connectivity index (χ4n) is 3.54. The Morgan fingerprint density at radius 3 is 2.90 bits per heavy atom. The number of hydrogen-bond donors (Lipinski definition) is 1. The Labute approximate surface area is 126 Å². The molecule has 3 heteroatoms. The number of pyridine rings is 1. The van der Waals surface area contributed by atoms with Crippen LogP contribution in [0.15, 0.2) is 30.3 Å². The predicted molar refractivity (Wildman–Crippen MR) is 86.2 cm³/mol. The second-order valence-electron chi connectivity index (χ2n) is 6.23. The fraction of sp³-hybridized carbons (Fsp3) is 0.500. The van der Waals surface area contributed by atoms with E-state index in [1.807, 2.05) is 6.07 Å². The Morgan fingerprint density at radius 1 is 1.29 bits per heavy atom. The van der Waals surface area contributed by atoms with Gasteiger partial charge < -0.3 is 5.11 Å². The van der Waals surface area contributed by atoms with Crippen molar-refractivity contribution >= 4 is 10.9 Å². The van der Waals surface area contributed by atoms with Gasteiger partial charge in [0.25, 0.3) is 0 Å². The minimum atomic E-state index is 0.256. The molecule has 0 spiro atoms. The monoisotopic (exact) mass is 284 g/mol. The van der Waals surface area contributed by atoms with Crippen LogP contribution < -0.4 is 0 Å². The lowest BCUT2D eigenvalue weighted by Crippen LogP contribution is -2.46. The summed E-state index contributed by atoms with van der Waals surface area (Å²) < 4.78 is 0. The lowest BCUT2D eigenvalue weighted by Gasteiger charge is -2.40.